The minimum atomic E-state index is -0.537. The Kier molecular flexibility index (Phi) is 2.67. The van der Waals surface area contributed by atoms with Crippen LogP contribution in [-0.4, -0.2) is 10.2 Å². The monoisotopic (exact) mass is 229 g/mol. The summed E-state index contributed by atoms with van der Waals surface area (Å²) in [6, 6.07) is 9.79. The molecule has 0 aliphatic carbocycles. The lowest BCUT2D eigenvalue weighted by molar-refractivity contribution is 0.470. The van der Waals surface area contributed by atoms with E-state index in [1.807, 2.05) is 6.07 Å². The van der Waals surface area contributed by atoms with Crippen LogP contribution in [0.5, 0.6) is 11.5 Å². The average molecular weight is 229 g/mol. The molecule has 84 valence electrons. The SMILES string of the molecule is N#Cc1cc(-c2ccc(F)cc2O)ccc1O. The molecule has 2 aromatic carbocycles. The van der Waals surface area contributed by atoms with Crippen molar-refractivity contribution in [1.29, 1.82) is 5.26 Å². The maximum atomic E-state index is 12.8. The lowest BCUT2D eigenvalue weighted by atomic mass is 10.0. The summed E-state index contributed by atoms with van der Waals surface area (Å²) in [5, 5.41) is 27.7. The van der Waals surface area contributed by atoms with Gasteiger partial charge in [-0.1, -0.05) is 6.07 Å². The van der Waals surface area contributed by atoms with E-state index in [1.165, 1.54) is 24.3 Å². The predicted molar refractivity (Wildman–Crippen MR) is 59.9 cm³/mol. The van der Waals surface area contributed by atoms with Gasteiger partial charge < -0.3 is 10.2 Å². The van der Waals surface area contributed by atoms with Crippen LogP contribution in [0.4, 0.5) is 4.39 Å². The fourth-order valence-corrected chi connectivity index (χ4v) is 1.54. The maximum absolute atomic E-state index is 12.8. The molecule has 0 saturated carbocycles. The van der Waals surface area contributed by atoms with Gasteiger partial charge in [0.25, 0.3) is 0 Å². The minimum Gasteiger partial charge on any atom is -0.507 e. The molecule has 0 aromatic heterocycles. The van der Waals surface area contributed by atoms with Crippen LogP contribution >= 0.6 is 0 Å². The molecule has 0 unspecified atom stereocenters. The number of hydrogen-bond donors (Lipinski definition) is 2. The Morgan fingerprint density at radius 2 is 1.76 bits per heavy atom. The molecule has 0 aliphatic heterocycles. The summed E-state index contributed by atoms with van der Waals surface area (Å²) in [5.41, 5.74) is 1.05. The highest BCUT2D eigenvalue weighted by molar-refractivity contribution is 5.72. The van der Waals surface area contributed by atoms with Gasteiger partial charge in [-0.15, -0.1) is 0 Å². The van der Waals surface area contributed by atoms with Crippen molar-refractivity contribution in [1.82, 2.24) is 0 Å². The third-order valence-electron chi connectivity index (χ3n) is 2.39. The van der Waals surface area contributed by atoms with Crippen LogP contribution in [0.15, 0.2) is 36.4 Å². The molecule has 3 nitrogen and oxygen atoms in total. The number of phenols is 2. The third kappa shape index (κ3) is 2.04. The second-order valence-corrected chi connectivity index (χ2v) is 3.51. The number of phenolic OH excluding ortho intramolecular Hbond substituents is 2. The van der Waals surface area contributed by atoms with Crippen molar-refractivity contribution in [3.05, 3.63) is 47.8 Å². The first-order valence-electron chi connectivity index (χ1n) is 4.84. The second-order valence-electron chi connectivity index (χ2n) is 3.51. The van der Waals surface area contributed by atoms with Gasteiger partial charge in [0.15, 0.2) is 0 Å². The molecule has 2 rings (SSSR count). The van der Waals surface area contributed by atoms with E-state index in [2.05, 4.69) is 0 Å². The van der Waals surface area contributed by atoms with Crippen LogP contribution in [0.3, 0.4) is 0 Å². The van der Waals surface area contributed by atoms with E-state index in [9.17, 15) is 14.6 Å². The molecule has 0 spiro atoms. The van der Waals surface area contributed by atoms with Gasteiger partial charge in [0, 0.05) is 11.6 Å². The van der Waals surface area contributed by atoms with Crippen LogP contribution in [0.25, 0.3) is 11.1 Å². The van der Waals surface area contributed by atoms with Crippen molar-refractivity contribution in [2.45, 2.75) is 0 Å². The molecule has 0 heterocycles. The van der Waals surface area contributed by atoms with Gasteiger partial charge in [-0.2, -0.15) is 5.26 Å². The summed E-state index contributed by atoms with van der Waals surface area (Å²) in [6.07, 6.45) is 0. The zero-order valence-corrected chi connectivity index (χ0v) is 8.68. The van der Waals surface area contributed by atoms with Crippen LogP contribution < -0.4 is 0 Å². The summed E-state index contributed by atoms with van der Waals surface area (Å²) in [5.74, 6) is -0.872. The smallest absolute Gasteiger partial charge is 0.133 e. The Bertz CT molecular complexity index is 617. The number of aromatic hydroxyl groups is 2. The van der Waals surface area contributed by atoms with Crippen molar-refractivity contribution in [2.75, 3.05) is 0 Å². The quantitative estimate of drug-likeness (QED) is 0.790. The molecular weight excluding hydrogens is 221 g/mol. The zero-order chi connectivity index (χ0) is 12.4. The Hall–Kier alpha value is -2.54. The Morgan fingerprint density at radius 3 is 2.41 bits per heavy atom. The number of nitrogens with zero attached hydrogens (tertiary/aromatic N) is 1. The molecular formula is C13H8FNO2. The van der Waals surface area contributed by atoms with Crippen molar-refractivity contribution < 1.29 is 14.6 Å². The standard InChI is InChI=1S/C13H8FNO2/c14-10-2-3-11(13(17)6-10)8-1-4-12(16)9(5-8)7-15/h1-6,16-17H. The third-order valence-corrected chi connectivity index (χ3v) is 2.39. The van der Waals surface area contributed by atoms with Crippen LogP contribution in [-0.2, 0) is 0 Å². The summed E-state index contributed by atoms with van der Waals surface area (Å²) in [7, 11) is 0. The molecule has 0 bridgehead atoms. The van der Waals surface area contributed by atoms with E-state index < -0.39 is 5.82 Å². The average Bonchev–Trinajstić information content (AvgIpc) is 2.30. The van der Waals surface area contributed by atoms with Gasteiger partial charge in [-0.05, 0) is 29.8 Å². The molecule has 0 amide bonds. The lowest BCUT2D eigenvalue weighted by Gasteiger charge is -2.06. The predicted octanol–water partition coefficient (Wildman–Crippen LogP) is 2.78. The largest absolute Gasteiger partial charge is 0.507 e. The molecule has 4 heteroatoms. The summed E-state index contributed by atoms with van der Waals surface area (Å²) < 4.78 is 12.8. The maximum Gasteiger partial charge on any atom is 0.133 e. The first-order valence-corrected chi connectivity index (χ1v) is 4.84. The highest BCUT2D eigenvalue weighted by Crippen LogP contribution is 2.32. The second kappa shape index (κ2) is 4.14. The number of halogens is 1. The van der Waals surface area contributed by atoms with E-state index >= 15 is 0 Å². The molecule has 2 aromatic rings. The number of nitriles is 1. The molecule has 0 fully saturated rings. The van der Waals surface area contributed by atoms with Gasteiger partial charge in [0.05, 0.1) is 5.56 Å². The van der Waals surface area contributed by atoms with Crippen molar-refractivity contribution in [3.63, 3.8) is 0 Å². The van der Waals surface area contributed by atoms with Gasteiger partial charge >= 0.3 is 0 Å². The highest BCUT2D eigenvalue weighted by Gasteiger charge is 2.08. The van der Waals surface area contributed by atoms with Crippen molar-refractivity contribution in [2.24, 2.45) is 0 Å². The van der Waals surface area contributed by atoms with E-state index in [4.69, 9.17) is 5.26 Å². The first-order chi connectivity index (χ1) is 8.11. The van der Waals surface area contributed by atoms with Gasteiger partial charge in [0.2, 0.25) is 0 Å². The van der Waals surface area contributed by atoms with Crippen LogP contribution in [0.1, 0.15) is 5.56 Å². The minimum absolute atomic E-state index is 0.103. The fourth-order valence-electron chi connectivity index (χ4n) is 1.54. The lowest BCUT2D eigenvalue weighted by Crippen LogP contribution is -1.83. The normalized spacial score (nSPS) is 9.88. The Labute approximate surface area is 97.0 Å². The van der Waals surface area contributed by atoms with Crippen molar-refractivity contribution in [3.8, 4) is 28.7 Å². The van der Waals surface area contributed by atoms with Crippen molar-refractivity contribution >= 4 is 0 Å². The summed E-state index contributed by atoms with van der Waals surface area (Å²) >= 11 is 0. The van der Waals surface area contributed by atoms with Crippen LogP contribution in [0.2, 0.25) is 0 Å². The highest BCUT2D eigenvalue weighted by atomic mass is 19.1. The topological polar surface area (TPSA) is 64.2 Å². The number of benzene rings is 2. The van der Waals surface area contributed by atoms with Gasteiger partial charge in [0.1, 0.15) is 23.4 Å². The van der Waals surface area contributed by atoms with E-state index in [1.54, 1.807) is 6.07 Å². The first kappa shape index (κ1) is 11.0. The number of rotatable bonds is 1. The molecule has 0 aliphatic rings. The molecule has 0 radical (unpaired) electrons. The molecule has 17 heavy (non-hydrogen) atoms. The van der Waals surface area contributed by atoms with E-state index in [0.29, 0.717) is 11.1 Å². The van der Waals surface area contributed by atoms with Gasteiger partial charge in [-0.25, -0.2) is 4.39 Å². The van der Waals surface area contributed by atoms with Gasteiger partial charge in [-0.3, -0.25) is 0 Å². The van der Waals surface area contributed by atoms with Crippen LogP contribution in [0, 0.1) is 17.1 Å². The summed E-state index contributed by atoms with van der Waals surface area (Å²) in [4.78, 5) is 0. The zero-order valence-electron chi connectivity index (χ0n) is 8.68. The molecule has 0 saturated heterocycles. The van der Waals surface area contributed by atoms with E-state index in [-0.39, 0.29) is 17.1 Å². The summed E-state index contributed by atoms with van der Waals surface area (Å²) in [6.45, 7) is 0. The number of hydrogen-bond acceptors (Lipinski definition) is 3. The molecule has 0 atom stereocenters. The Balaban J connectivity index is 2.58. The Morgan fingerprint density at radius 1 is 1.00 bits per heavy atom. The van der Waals surface area contributed by atoms with E-state index in [0.717, 1.165) is 6.07 Å². The molecule has 2 N–H and O–H groups in total. The fraction of sp³-hybridized carbons (Fsp3) is 0.